The zero-order valence-electron chi connectivity index (χ0n) is 10.5. The van der Waals surface area contributed by atoms with Gasteiger partial charge in [-0.15, -0.1) is 0 Å². The molecule has 3 heteroatoms. The molecule has 1 saturated heterocycles. The largest absolute Gasteiger partial charge is 0.356 e. The average Bonchev–Trinajstić information content (AvgIpc) is 3.20. The van der Waals surface area contributed by atoms with E-state index in [2.05, 4.69) is 0 Å². The number of epoxide rings is 1. The zero-order valence-corrected chi connectivity index (χ0v) is 11.3. The minimum Gasteiger partial charge on any atom is -0.356 e. The number of ether oxygens (including phenoxy) is 1. The Labute approximate surface area is 117 Å². The van der Waals surface area contributed by atoms with Crippen LogP contribution in [0.4, 0.5) is 0 Å². The fourth-order valence-corrected chi connectivity index (χ4v) is 2.38. The molecule has 19 heavy (non-hydrogen) atoms. The molecule has 0 N–H and O–H groups in total. The molecule has 3 rings (SSSR count). The molecule has 0 amide bonds. The van der Waals surface area contributed by atoms with E-state index in [-0.39, 0.29) is 5.78 Å². The van der Waals surface area contributed by atoms with Gasteiger partial charge in [0.2, 0.25) is 5.78 Å². The van der Waals surface area contributed by atoms with E-state index in [0.717, 1.165) is 11.1 Å². The van der Waals surface area contributed by atoms with Crippen molar-refractivity contribution < 1.29 is 9.53 Å². The third-order valence-corrected chi connectivity index (χ3v) is 3.64. The first kappa shape index (κ1) is 12.4. The number of benzene rings is 2. The van der Waals surface area contributed by atoms with Crippen molar-refractivity contribution in [1.29, 1.82) is 0 Å². The summed E-state index contributed by atoms with van der Waals surface area (Å²) >= 11 is 5.93. The van der Waals surface area contributed by atoms with E-state index < -0.39 is 5.60 Å². The molecule has 0 radical (unpaired) electrons. The molecule has 96 valence electrons. The second-order valence-corrected chi connectivity index (χ2v) is 5.26. The molecular formula is C16H13ClO2. The number of carbonyl (C=O) groups excluding carboxylic acids is 1. The molecule has 2 aromatic rings. The van der Waals surface area contributed by atoms with Gasteiger partial charge >= 0.3 is 0 Å². The standard InChI is InChI=1S/C16H13ClO2/c1-11-5-7-13(8-6-11)16(10-19-16)15(18)12-3-2-4-14(17)9-12/h2-9H,10H2,1H3. The topological polar surface area (TPSA) is 29.6 Å². The first-order valence-electron chi connectivity index (χ1n) is 6.13. The third-order valence-electron chi connectivity index (χ3n) is 3.40. The van der Waals surface area contributed by atoms with Crippen LogP contribution in [0.25, 0.3) is 0 Å². The highest BCUT2D eigenvalue weighted by atomic mass is 35.5. The minimum atomic E-state index is -0.807. The van der Waals surface area contributed by atoms with Crippen LogP contribution >= 0.6 is 11.6 Å². The highest BCUT2D eigenvalue weighted by molar-refractivity contribution is 6.31. The number of halogens is 1. The molecule has 0 spiro atoms. The van der Waals surface area contributed by atoms with Gasteiger partial charge in [-0.2, -0.15) is 0 Å². The van der Waals surface area contributed by atoms with Crippen molar-refractivity contribution in [3.8, 4) is 0 Å². The molecule has 0 aliphatic carbocycles. The molecule has 1 unspecified atom stereocenters. The molecule has 1 fully saturated rings. The summed E-state index contributed by atoms with van der Waals surface area (Å²) in [5, 5.41) is 0.561. The van der Waals surface area contributed by atoms with Crippen molar-refractivity contribution >= 4 is 17.4 Å². The number of rotatable bonds is 3. The lowest BCUT2D eigenvalue weighted by Gasteiger charge is -2.12. The lowest BCUT2D eigenvalue weighted by molar-refractivity contribution is 0.0871. The van der Waals surface area contributed by atoms with E-state index in [1.807, 2.05) is 31.2 Å². The molecule has 0 bridgehead atoms. The van der Waals surface area contributed by atoms with E-state index in [1.165, 1.54) is 0 Å². The molecule has 1 aliphatic rings. The maximum absolute atomic E-state index is 12.6. The molecule has 1 aliphatic heterocycles. The van der Waals surface area contributed by atoms with Gasteiger partial charge in [-0.05, 0) is 24.6 Å². The molecule has 1 heterocycles. The highest BCUT2D eigenvalue weighted by Gasteiger charge is 2.53. The van der Waals surface area contributed by atoms with E-state index in [1.54, 1.807) is 24.3 Å². The van der Waals surface area contributed by atoms with Gasteiger partial charge < -0.3 is 4.74 Å². The first-order valence-corrected chi connectivity index (χ1v) is 6.51. The fourth-order valence-electron chi connectivity index (χ4n) is 2.19. The van der Waals surface area contributed by atoms with E-state index in [0.29, 0.717) is 17.2 Å². The van der Waals surface area contributed by atoms with Crippen LogP contribution in [0.3, 0.4) is 0 Å². The van der Waals surface area contributed by atoms with Gasteiger partial charge in [-0.3, -0.25) is 4.79 Å². The number of ketones is 1. The van der Waals surface area contributed by atoms with Crippen LogP contribution in [0.15, 0.2) is 48.5 Å². The van der Waals surface area contributed by atoms with Gasteiger partial charge in [0.05, 0.1) is 6.61 Å². The van der Waals surface area contributed by atoms with Gasteiger partial charge in [0.25, 0.3) is 0 Å². The highest BCUT2D eigenvalue weighted by Crippen LogP contribution is 2.42. The predicted octanol–water partition coefficient (Wildman–Crippen LogP) is 3.76. The predicted molar refractivity (Wildman–Crippen MR) is 74.6 cm³/mol. The van der Waals surface area contributed by atoms with Crippen molar-refractivity contribution in [2.24, 2.45) is 0 Å². The normalized spacial score (nSPS) is 21.2. The Morgan fingerprint density at radius 3 is 2.47 bits per heavy atom. The van der Waals surface area contributed by atoms with Crippen LogP contribution in [0, 0.1) is 6.92 Å². The summed E-state index contributed by atoms with van der Waals surface area (Å²) in [7, 11) is 0. The van der Waals surface area contributed by atoms with Crippen LogP contribution in [0.5, 0.6) is 0 Å². The second-order valence-electron chi connectivity index (χ2n) is 4.82. The molecular weight excluding hydrogens is 260 g/mol. The summed E-state index contributed by atoms with van der Waals surface area (Å²) in [5.74, 6) is -0.0288. The van der Waals surface area contributed by atoms with Gasteiger partial charge in [0.1, 0.15) is 0 Å². The Morgan fingerprint density at radius 1 is 1.21 bits per heavy atom. The fraction of sp³-hybridized carbons (Fsp3) is 0.188. The van der Waals surface area contributed by atoms with Gasteiger partial charge in [-0.25, -0.2) is 0 Å². The van der Waals surface area contributed by atoms with E-state index in [9.17, 15) is 4.79 Å². The van der Waals surface area contributed by atoms with Crippen LogP contribution in [0.2, 0.25) is 5.02 Å². The summed E-state index contributed by atoms with van der Waals surface area (Å²) in [5.41, 5.74) is 1.85. The Hall–Kier alpha value is -1.64. The second kappa shape index (κ2) is 4.48. The Morgan fingerprint density at radius 2 is 1.89 bits per heavy atom. The lowest BCUT2D eigenvalue weighted by atomic mass is 9.90. The SMILES string of the molecule is Cc1ccc(C2(C(=O)c3cccc(Cl)c3)CO2)cc1. The van der Waals surface area contributed by atoms with E-state index in [4.69, 9.17) is 16.3 Å². The Balaban J connectivity index is 1.97. The van der Waals surface area contributed by atoms with Crippen molar-refractivity contribution in [2.45, 2.75) is 12.5 Å². The van der Waals surface area contributed by atoms with Crippen molar-refractivity contribution in [1.82, 2.24) is 0 Å². The van der Waals surface area contributed by atoms with Crippen molar-refractivity contribution in [2.75, 3.05) is 6.61 Å². The van der Waals surface area contributed by atoms with Crippen LogP contribution in [-0.2, 0) is 10.3 Å². The summed E-state index contributed by atoms with van der Waals surface area (Å²) in [6, 6.07) is 14.9. The van der Waals surface area contributed by atoms with Crippen LogP contribution in [-0.4, -0.2) is 12.4 Å². The lowest BCUT2D eigenvalue weighted by Crippen LogP contribution is -2.22. The first-order chi connectivity index (χ1) is 9.12. The Kier molecular flexibility index (Phi) is 2.92. The van der Waals surface area contributed by atoms with Crippen molar-refractivity contribution in [3.63, 3.8) is 0 Å². The third kappa shape index (κ3) is 2.18. The summed E-state index contributed by atoms with van der Waals surface area (Å²) in [6.45, 7) is 2.45. The smallest absolute Gasteiger partial charge is 0.201 e. The van der Waals surface area contributed by atoms with Crippen molar-refractivity contribution in [3.05, 3.63) is 70.2 Å². The maximum atomic E-state index is 12.6. The number of hydrogen-bond acceptors (Lipinski definition) is 2. The van der Waals surface area contributed by atoms with Crippen LogP contribution in [0.1, 0.15) is 21.5 Å². The number of hydrogen-bond donors (Lipinski definition) is 0. The minimum absolute atomic E-state index is 0.0288. The van der Waals surface area contributed by atoms with Gasteiger partial charge in [-0.1, -0.05) is 53.6 Å². The average molecular weight is 273 g/mol. The maximum Gasteiger partial charge on any atom is 0.201 e. The molecule has 0 saturated carbocycles. The molecule has 2 aromatic carbocycles. The molecule has 0 aromatic heterocycles. The zero-order chi connectivity index (χ0) is 13.5. The summed E-state index contributed by atoms with van der Waals surface area (Å²) in [6.07, 6.45) is 0. The number of aryl methyl sites for hydroxylation is 1. The summed E-state index contributed by atoms with van der Waals surface area (Å²) < 4.78 is 5.49. The van der Waals surface area contributed by atoms with E-state index >= 15 is 0 Å². The molecule has 1 atom stereocenters. The summed E-state index contributed by atoms with van der Waals surface area (Å²) in [4.78, 5) is 12.6. The number of carbonyl (C=O) groups is 1. The number of Topliss-reactive ketones (excluding diaryl/α,β-unsaturated/α-hetero) is 1. The quantitative estimate of drug-likeness (QED) is 0.629. The van der Waals surface area contributed by atoms with Crippen LogP contribution < -0.4 is 0 Å². The van der Waals surface area contributed by atoms with Gasteiger partial charge in [0, 0.05) is 10.6 Å². The monoisotopic (exact) mass is 272 g/mol. The Bertz CT molecular complexity index is 627. The van der Waals surface area contributed by atoms with Gasteiger partial charge in [0.15, 0.2) is 5.60 Å². The molecule has 2 nitrogen and oxygen atoms in total.